The van der Waals surface area contributed by atoms with Gasteiger partial charge in [-0.15, -0.1) is 0 Å². The number of benzene rings is 1. The van der Waals surface area contributed by atoms with Crippen LogP contribution >= 0.6 is 11.6 Å². The summed E-state index contributed by atoms with van der Waals surface area (Å²) in [6.45, 7) is 11.4. The van der Waals surface area contributed by atoms with Crippen LogP contribution in [0.4, 0.5) is 0 Å². The van der Waals surface area contributed by atoms with E-state index in [1.807, 2.05) is 0 Å². The summed E-state index contributed by atoms with van der Waals surface area (Å²) in [5, 5.41) is 8.28. The minimum absolute atomic E-state index is 0.121. The molecule has 2 heteroatoms. The van der Waals surface area contributed by atoms with Gasteiger partial charge in [0.05, 0.1) is 0 Å². The summed E-state index contributed by atoms with van der Waals surface area (Å²) >= 11 is 6.13. The van der Waals surface area contributed by atoms with Crippen molar-refractivity contribution in [2.45, 2.75) is 53.4 Å². The van der Waals surface area contributed by atoms with Gasteiger partial charge in [0.15, 0.2) is 0 Å². The van der Waals surface area contributed by atoms with E-state index in [9.17, 15) is 0 Å². The first-order chi connectivity index (χ1) is 9.93. The highest BCUT2D eigenvalue weighted by Crippen LogP contribution is 2.41. The van der Waals surface area contributed by atoms with E-state index in [-0.39, 0.29) is 5.92 Å². The Morgan fingerprint density at radius 3 is 2.00 bits per heavy atom. The van der Waals surface area contributed by atoms with Crippen molar-refractivity contribution in [3.05, 3.63) is 35.9 Å². The Morgan fingerprint density at radius 2 is 1.57 bits per heavy atom. The van der Waals surface area contributed by atoms with Gasteiger partial charge in [-0.05, 0) is 35.7 Å². The molecule has 21 heavy (non-hydrogen) atoms. The van der Waals surface area contributed by atoms with Crippen LogP contribution in [0.3, 0.4) is 0 Å². The molecule has 0 radical (unpaired) electrons. The number of hydrogen-bond donors (Lipinski definition) is 1. The van der Waals surface area contributed by atoms with Crippen LogP contribution in [-0.4, -0.2) is 5.17 Å². The number of halogens is 1. The lowest BCUT2D eigenvalue weighted by Gasteiger charge is -2.36. The molecule has 0 bridgehead atoms. The van der Waals surface area contributed by atoms with E-state index in [1.54, 1.807) is 0 Å². The summed E-state index contributed by atoms with van der Waals surface area (Å²) in [5.41, 5.74) is 1.32. The van der Waals surface area contributed by atoms with Gasteiger partial charge in [0.25, 0.3) is 0 Å². The molecule has 0 aliphatic heterocycles. The maximum atomic E-state index is 7.98. The Labute approximate surface area is 135 Å². The van der Waals surface area contributed by atoms with Crippen LogP contribution in [0.15, 0.2) is 30.3 Å². The van der Waals surface area contributed by atoms with Gasteiger partial charge in [-0.2, -0.15) is 0 Å². The van der Waals surface area contributed by atoms with Gasteiger partial charge in [0.2, 0.25) is 0 Å². The standard InChI is InChI=1S/C19H30ClN/c1-6-13(3)14(4)15(5)18(17(7-2)19(20)21)16-11-9-8-10-12-16/h8-15,17-18,21H,6-7H2,1-5H3/t13?,14-,15?,17?,18-/m1/s1. The van der Waals surface area contributed by atoms with Crippen molar-refractivity contribution in [1.29, 1.82) is 5.41 Å². The minimum atomic E-state index is 0.121. The number of hydrogen-bond acceptors (Lipinski definition) is 1. The van der Waals surface area contributed by atoms with Crippen LogP contribution in [0.25, 0.3) is 0 Å². The largest absolute Gasteiger partial charge is 0.293 e. The topological polar surface area (TPSA) is 23.9 Å². The maximum Gasteiger partial charge on any atom is 0.101 e. The van der Waals surface area contributed by atoms with Crippen LogP contribution in [-0.2, 0) is 0 Å². The van der Waals surface area contributed by atoms with Gasteiger partial charge in [-0.1, -0.05) is 83.0 Å². The van der Waals surface area contributed by atoms with Crippen molar-refractivity contribution in [3.8, 4) is 0 Å². The lowest BCUT2D eigenvalue weighted by atomic mass is 9.69. The summed E-state index contributed by atoms with van der Waals surface area (Å²) in [4.78, 5) is 0. The second-order valence-electron chi connectivity index (χ2n) is 6.40. The SMILES string of the molecule is CCC(C)[C@@H](C)C(C)[C@H](c1ccccc1)C(CC)C(=N)Cl. The number of rotatable bonds is 8. The van der Waals surface area contributed by atoms with Crippen LogP contribution in [0.2, 0.25) is 0 Å². The highest BCUT2D eigenvalue weighted by Gasteiger charge is 2.33. The van der Waals surface area contributed by atoms with E-state index < -0.39 is 0 Å². The van der Waals surface area contributed by atoms with Gasteiger partial charge in [0, 0.05) is 5.92 Å². The van der Waals surface area contributed by atoms with E-state index in [2.05, 4.69) is 65.0 Å². The molecular weight excluding hydrogens is 278 g/mol. The second kappa shape index (κ2) is 8.58. The van der Waals surface area contributed by atoms with E-state index in [0.29, 0.717) is 28.8 Å². The molecule has 0 fully saturated rings. The zero-order chi connectivity index (χ0) is 16.0. The Bertz CT molecular complexity index is 428. The van der Waals surface area contributed by atoms with Crippen molar-refractivity contribution >= 4 is 16.8 Å². The van der Waals surface area contributed by atoms with Gasteiger partial charge in [0.1, 0.15) is 5.17 Å². The molecule has 0 aromatic heterocycles. The molecule has 3 unspecified atom stereocenters. The first kappa shape index (κ1) is 18.2. The predicted molar refractivity (Wildman–Crippen MR) is 94.3 cm³/mol. The highest BCUT2D eigenvalue weighted by atomic mass is 35.5. The maximum absolute atomic E-state index is 7.98. The quantitative estimate of drug-likeness (QED) is 0.542. The smallest absolute Gasteiger partial charge is 0.101 e. The first-order valence-corrected chi connectivity index (χ1v) is 8.60. The lowest BCUT2D eigenvalue weighted by molar-refractivity contribution is 0.216. The van der Waals surface area contributed by atoms with E-state index in [4.69, 9.17) is 17.0 Å². The monoisotopic (exact) mass is 307 g/mol. The molecule has 0 saturated heterocycles. The first-order valence-electron chi connectivity index (χ1n) is 8.22. The summed E-state index contributed by atoms with van der Waals surface area (Å²) < 4.78 is 0. The molecule has 0 aliphatic carbocycles. The van der Waals surface area contributed by atoms with Crippen LogP contribution < -0.4 is 0 Å². The Hall–Kier alpha value is -0.820. The molecule has 1 aromatic carbocycles. The molecule has 1 N–H and O–H groups in total. The molecule has 118 valence electrons. The summed E-state index contributed by atoms with van der Waals surface area (Å²) in [7, 11) is 0. The predicted octanol–water partition coefficient (Wildman–Crippen LogP) is 6.33. The summed E-state index contributed by atoms with van der Waals surface area (Å²) in [5.74, 6) is 2.26. The fourth-order valence-corrected chi connectivity index (χ4v) is 3.68. The second-order valence-corrected chi connectivity index (χ2v) is 6.81. The molecule has 0 spiro atoms. The molecule has 0 aliphatic rings. The van der Waals surface area contributed by atoms with Crippen molar-refractivity contribution in [2.24, 2.45) is 23.7 Å². The Kier molecular flexibility index (Phi) is 7.45. The number of nitrogens with one attached hydrogen (secondary N) is 1. The van der Waals surface area contributed by atoms with Crippen molar-refractivity contribution in [1.82, 2.24) is 0 Å². The summed E-state index contributed by atoms with van der Waals surface area (Å²) in [6.07, 6.45) is 2.11. The lowest BCUT2D eigenvalue weighted by Crippen LogP contribution is -2.29. The fraction of sp³-hybridized carbons (Fsp3) is 0.632. The van der Waals surface area contributed by atoms with Crippen molar-refractivity contribution in [2.75, 3.05) is 0 Å². The molecule has 1 rings (SSSR count). The molecule has 0 heterocycles. The van der Waals surface area contributed by atoms with Crippen molar-refractivity contribution < 1.29 is 0 Å². The molecule has 5 atom stereocenters. The average molecular weight is 308 g/mol. The Balaban J connectivity index is 3.16. The third-order valence-corrected chi connectivity index (χ3v) is 5.60. The van der Waals surface area contributed by atoms with Crippen LogP contribution in [0, 0.1) is 29.1 Å². The van der Waals surface area contributed by atoms with Crippen LogP contribution in [0.5, 0.6) is 0 Å². The highest BCUT2D eigenvalue weighted by molar-refractivity contribution is 6.65. The van der Waals surface area contributed by atoms with Crippen molar-refractivity contribution in [3.63, 3.8) is 0 Å². The van der Waals surface area contributed by atoms with Gasteiger partial charge in [-0.3, -0.25) is 5.41 Å². The fourth-order valence-electron chi connectivity index (χ4n) is 3.39. The minimum Gasteiger partial charge on any atom is -0.293 e. The van der Waals surface area contributed by atoms with Gasteiger partial charge in [-0.25, -0.2) is 0 Å². The normalized spacial score (nSPS) is 18.6. The summed E-state index contributed by atoms with van der Waals surface area (Å²) in [6, 6.07) is 10.6. The van der Waals surface area contributed by atoms with E-state index >= 15 is 0 Å². The molecule has 1 nitrogen and oxygen atoms in total. The zero-order valence-electron chi connectivity index (χ0n) is 14.1. The zero-order valence-corrected chi connectivity index (χ0v) is 14.8. The van der Waals surface area contributed by atoms with Gasteiger partial charge < -0.3 is 0 Å². The third kappa shape index (κ3) is 4.57. The molecule has 0 saturated carbocycles. The molecule has 0 amide bonds. The molecule has 1 aromatic rings. The van der Waals surface area contributed by atoms with Crippen LogP contribution in [0.1, 0.15) is 58.9 Å². The van der Waals surface area contributed by atoms with E-state index in [1.165, 1.54) is 12.0 Å². The third-order valence-electron chi connectivity index (χ3n) is 5.32. The van der Waals surface area contributed by atoms with Gasteiger partial charge >= 0.3 is 0 Å². The average Bonchev–Trinajstić information content (AvgIpc) is 2.50. The Morgan fingerprint density at radius 1 is 1.00 bits per heavy atom. The van der Waals surface area contributed by atoms with E-state index in [0.717, 1.165) is 6.42 Å². The molecular formula is C19H30ClN.